The summed E-state index contributed by atoms with van der Waals surface area (Å²) in [6.45, 7) is 13.6. The van der Waals surface area contributed by atoms with Gasteiger partial charge in [0.05, 0.1) is 0 Å². The van der Waals surface area contributed by atoms with Crippen molar-refractivity contribution in [2.75, 3.05) is 13.2 Å². The third-order valence-electron chi connectivity index (χ3n) is 10.3. The molecule has 0 aromatic rings. The molecule has 2 atom stereocenters. The maximum atomic E-state index is 12.7. The molecule has 0 rings (SSSR count). The van der Waals surface area contributed by atoms with Gasteiger partial charge in [-0.3, -0.25) is 14.4 Å². The van der Waals surface area contributed by atoms with Crippen molar-refractivity contribution in [3.05, 3.63) is 0 Å². The minimum Gasteiger partial charge on any atom is -0.462 e. The Kier molecular flexibility index (Phi) is 35.6. The Bertz CT molecular complexity index is 794. The lowest BCUT2D eigenvalue weighted by molar-refractivity contribution is -0.167. The minimum absolute atomic E-state index is 0.0676. The quantitative estimate of drug-likeness (QED) is 0.0359. The first-order chi connectivity index (χ1) is 24.6. The van der Waals surface area contributed by atoms with Crippen LogP contribution in [-0.4, -0.2) is 37.2 Å². The third kappa shape index (κ3) is 38.0. The van der Waals surface area contributed by atoms with Crippen molar-refractivity contribution in [2.45, 2.75) is 240 Å². The Balaban J connectivity index is 4.36. The van der Waals surface area contributed by atoms with Gasteiger partial charge in [-0.15, -0.1) is 0 Å². The highest BCUT2D eigenvalue weighted by molar-refractivity contribution is 5.71. The Hall–Kier alpha value is -1.59. The molecule has 51 heavy (non-hydrogen) atoms. The second kappa shape index (κ2) is 36.8. The Morgan fingerprint density at radius 1 is 0.392 bits per heavy atom. The Labute approximate surface area is 317 Å². The summed E-state index contributed by atoms with van der Waals surface area (Å²) in [5, 5.41) is 0. The van der Waals surface area contributed by atoms with Gasteiger partial charge in [0.2, 0.25) is 0 Å². The van der Waals surface area contributed by atoms with Crippen LogP contribution in [0.25, 0.3) is 0 Å². The van der Waals surface area contributed by atoms with Crippen LogP contribution in [0.1, 0.15) is 234 Å². The highest BCUT2D eigenvalue weighted by atomic mass is 16.6. The summed E-state index contributed by atoms with van der Waals surface area (Å²) in [7, 11) is 0. The molecule has 0 radical (unpaired) electrons. The average molecular weight is 723 g/mol. The molecular weight excluding hydrogens is 636 g/mol. The molecule has 0 fully saturated rings. The molecule has 0 amide bonds. The molecule has 0 aliphatic heterocycles. The summed E-state index contributed by atoms with van der Waals surface area (Å²) >= 11 is 0. The number of rotatable bonds is 38. The van der Waals surface area contributed by atoms with E-state index in [1.807, 2.05) is 0 Å². The van der Waals surface area contributed by atoms with Gasteiger partial charge in [0.15, 0.2) is 6.10 Å². The molecular formula is C45H86O6. The third-order valence-corrected chi connectivity index (χ3v) is 10.3. The SMILES string of the molecule is CCC(C)CCCCCCCCC(=O)OC[C@H](COC(=O)CCCCCCCCCC(C)C)OC(=O)CCCCCCCCCCCCC(C)C. The predicted molar refractivity (Wildman–Crippen MR) is 215 cm³/mol. The number of esters is 3. The standard InChI is InChI=1S/C45H86O6/c1-7-41(6)33-27-21-17-18-23-29-35-44(47)50-38-42(37-49-43(46)34-28-22-16-12-14-20-26-32-40(4)5)51-45(48)36-30-24-15-11-9-8-10-13-19-25-31-39(2)3/h39-42H,7-38H2,1-6H3/t41?,42-/m0/s1. The van der Waals surface area contributed by atoms with Gasteiger partial charge in [0, 0.05) is 19.3 Å². The van der Waals surface area contributed by atoms with E-state index >= 15 is 0 Å². The summed E-state index contributed by atoms with van der Waals surface area (Å²) in [5.41, 5.74) is 0. The van der Waals surface area contributed by atoms with E-state index in [-0.39, 0.29) is 31.1 Å². The second-order valence-electron chi connectivity index (χ2n) is 16.5. The van der Waals surface area contributed by atoms with Crippen molar-refractivity contribution in [2.24, 2.45) is 17.8 Å². The van der Waals surface area contributed by atoms with Gasteiger partial charge < -0.3 is 14.2 Å². The van der Waals surface area contributed by atoms with E-state index in [9.17, 15) is 14.4 Å². The van der Waals surface area contributed by atoms with E-state index in [0.717, 1.165) is 75.5 Å². The molecule has 1 unspecified atom stereocenters. The maximum Gasteiger partial charge on any atom is 0.306 e. The van der Waals surface area contributed by atoms with E-state index < -0.39 is 6.10 Å². The average Bonchev–Trinajstić information content (AvgIpc) is 3.09. The van der Waals surface area contributed by atoms with Crippen molar-refractivity contribution in [3.63, 3.8) is 0 Å². The van der Waals surface area contributed by atoms with Gasteiger partial charge in [-0.1, -0.05) is 196 Å². The molecule has 0 aromatic carbocycles. The molecule has 0 aromatic heterocycles. The fraction of sp³-hybridized carbons (Fsp3) is 0.933. The van der Waals surface area contributed by atoms with E-state index in [0.29, 0.717) is 19.3 Å². The molecule has 0 aliphatic rings. The van der Waals surface area contributed by atoms with Crippen LogP contribution in [0.4, 0.5) is 0 Å². The molecule has 0 saturated heterocycles. The van der Waals surface area contributed by atoms with Gasteiger partial charge in [0.25, 0.3) is 0 Å². The number of ether oxygens (including phenoxy) is 3. The van der Waals surface area contributed by atoms with Gasteiger partial charge in [-0.25, -0.2) is 0 Å². The zero-order chi connectivity index (χ0) is 37.8. The van der Waals surface area contributed by atoms with Gasteiger partial charge >= 0.3 is 17.9 Å². The first-order valence-corrected chi connectivity index (χ1v) is 22.1. The summed E-state index contributed by atoms with van der Waals surface area (Å²) in [6.07, 6.45) is 32.4. The zero-order valence-electron chi connectivity index (χ0n) is 34.9. The van der Waals surface area contributed by atoms with Gasteiger partial charge in [0.1, 0.15) is 13.2 Å². The van der Waals surface area contributed by atoms with Crippen molar-refractivity contribution in [1.82, 2.24) is 0 Å². The summed E-state index contributed by atoms with van der Waals surface area (Å²) in [6, 6.07) is 0. The van der Waals surface area contributed by atoms with E-state index in [2.05, 4.69) is 41.5 Å². The Morgan fingerprint density at radius 3 is 1.02 bits per heavy atom. The summed E-state index contributed by atoms with van der Waals surface area (Å²) in [5.74, 6) is 1.54. The second-order valence-corrected chi connectivity index (χ2v) is 16.5. The highest BCUT2D eigenvalue weighted by Crippen LogP contribution is 2.17. The number of carbonyl (C=O) groups is 3. The van der Waals surface area contributed by atoms with E-state index in [1.165, 1.54) is 116 Å². The highest BCUT2D eigenvalue weighted by Gasteiger charge is 2.19. The molecule has 0 spiro atoms. The number of carbonyl (C=O) groups excluding carboxylic acids is 3. The number of unbranched alkanes of at least 4 members (excludes halogenated alkanes) is 20. The lowest BCUT2D eigenvalue weighted by atomic mass is 10.00. The van der Waals surface area contributed by atoms with Crippen LogP contribution in [0.5, 0.6) is 0 Å². The minimum atomic E-state index is -0.762. The topological polar surface area (TPSA) is 78.9 Å². The fourth-order valence-corrected chi connectivity index (χ4v) is 6.49. The lowest BCUT2D eigenvalue weighted by Crippen LogP contribution is -2.30. The van der Waals surface area contributed by atoms with Crippen LogP contribution in [0, 0.1) is 17.8 Å². The first kappa shape index (κ1) is 49.4. The first-order valence-electron chi connectivity index (χ1n) is 22.1. The monoisotopic (exact) mass is 723 g/mol. The van der Waals surface area contributed by atoms with Crippen LogP contribution in [0.15, 0.2) is 0 Å². The lowest BCUT2D eigenvalue weighted by Gasteiger charge is -2.18. The summed E-state index contributed by atoms with van der Waals surface area (Å²) in [4.78, 5) is 37.6. The Morgan fingerprint density at radius 2 is 0.686 bits per heavy atom. The van der Waals surface area contributed by atoms with Crippen LogP contribution >= 0.6 is 0 Å². The summed E-state index contributed by atoms with van der Waals surface area (Å²) < 4.78 is 16.7. The van der Waals surface area contributed by atoms with Crippen LogP contribution in [-0.2, 0) is 28.6 Å². The molecule has 302 valence electrons. The van der Waals surface area contributed by atoms with Crippen molar-refractivity contribution in [3.8, 4) is 0 Å². The van der Waals surface area contributed by atoms with E-state index in [4.69, 9.17) is 14.2 Å². The molecule has 0 aliphatic carbocycles. The van der Waals surface area contributed by atoms with E-state index in [1.54, 1.807) is 0 Å². The van der Waals surface area contributed by atoms with Gasteiger partial charge in [-0.05, 0) is 37.0 Å². The zero-order valence-corrected chi connectivity index (χ0v) is 34.9. The molecule has 0 heterocycles. The maximum absolute atomic E-state index is 12.7. The van der Waals surface area contributed by atoms with Crippen molar-refractivity contribution < 1.29 is 28.6 Å². The number of hydrogen-bond acceptors (Lipinski definition) is 6. The van der Waals surface area contributed by atoms with Crippen LogP contribution in [0.2, 0.25) is 0 Å². The largest absolute Gasteiger partial charge is 0.462 e. The molecule has 6 nitrogen and oxygen atoms in total. The smallest absolute Gasteiger partial charge is 0.306 e. The normalized spacial score (nSPS) is 12.7. The fourth-order valence-electron chi connectivity index (χ4n) is 6.49. The molecule has 0 N–H and O–H groups in total. The predicted octanol–water partition coefficient (Wildman–Crippen LogP) is 13.7. The van der Waals surface area contributed by atoms with Crippen LogP contribution < -0.4 is 0 Å². The molecule has 6 heteroatoms. The van der Waals surface area contributed by atoms with Gasteiger partial charge in [-0.2, -0.15) is 0 Å². The molecule has 0 saturated carbocycles. The number of hydrogen-bond donors (Lipinski definition) is 0. The van der Waals surface area contributed by atoms with Crippen molar-refractivity contribution in [1.29, 1.82) is 0 Å². The van der Waals surface area contributed by atoms with Crippen molar-refractivity contribution >= 4 is 17.9 Å². The van der Waals surface area contributed by atoms with Crippen LogP contribution in [0.3, 0.4) is 0 Å². The molecule has 0 bridgehead atoms.